The van der Waals surface area contributed by atoms with Crippen molar-refractivity contribution in [2.75, 3.05) is 11.8 Å². The molecule has 0 amide bonds. The maximum atomic E-state index is 12.6. The summed E-state index contributed by atoms with van der Waals surface area (Å²) in [6.45, 7) is 0.280. The number of carboxylic acid groups (broad SMARTS) is 1. The smallest absolute Gasteiger partial charge is 0.321 e. The van der Waals surface area contributed by atoms with Crippen molar-refractivity contribution in [2.24, 2.45) is 0 Å². The summed E-state index contributed by atoms with van der Waals surface area (Å²) in [6, 6.07) is 21.5. The number of hydrogen-bond donors (Lipinski definition) is 3. The first-order chi connectivity index (χ1) is 14.9. The minimum absolute atomic E-state index is 0.116. The number of rotatable bonds is 10. The van der Waals surface area contributed by atoms with Gasteiger partial charge >= 0.3 is 5.97 Å². The minimum atomic E-state index is -3.76. The van der Waals surface area contributed by atoms with Gasteiger partial charge in [0.05, 0.1) is 12.0 Å². The highest BCUT2D eigenvalue weighted by Gasteiger charge is 2.18. The van der Waals surface area contributed by atoms with E-state index in [0.717, 1.165) is 11.1 Å². The van der Waals surface area contributed by atoms with Crippen LogP contribution in [0, 0.1) is 0 Å². The molecule has 0 saturated heterocycles. The quantitative estimate of drug-likeness (QED) is 0.447. The van der Waals surface area contributed by atoms with E-state index in [0.29, 0.717) is 17.9 Å². The fourth-order valence-corrected chi connectivity index (χ4v) is 4.10. The summed E-state index contributed by atoms with van der Waals surface area (Å²) in [6.07, 6.45) is 0.347. The SMILES string of the molecule is COc1ccc(S(=O)(=O)Nc2cccc(CNC(Cc3ccccc3)C(=O)O)c2)cc1. The predicted molar refractivity (Wildman–Crippen MR) is 119 cm³/mol. The zero-order valence-electron chi connectivity index (χ0n) is 17.0. The van der Waals surface area contributed by atoms with Gasteiger partial charge in [-0.15, -0.1) is 0 Å². The summed E-state index contributed by atoms with van der Waals surface area (Å²) in [7, 11) is -2.25. The molecule has 31 heavy (non-hydrogen) atoms. The number of nitrogens with one attached hydrogen (secondary N) is 2. The lowest BCUT2D eigenvalue weighted by Gasteiger charge is -2.15. The van der Waals surface area contributed by atoms with Crippen LogP contribution in [0.15, 0.2) is 83.8 Å². The maximum Gasteiger partial charge on any atom is 0.321 e. The van der Waals surface area contributed by atoms with Crippen molar-refractivity contribution in [1.82, 2.24) is 5.32 Å². The number of carbonyl (C=O) groups is 1. The highest BCUT2D eigenvalue weighted by atomic mass is 32.2. The molecule has 1 atom stereocenters. The molecule has 0 fully saturated rings. The van der Waals surface area contributed by atoms with Gasteiger partial charge in [0.25, 0.3) is 10.0 Å². The van der Waals surface area contributed by atoms with E-state index in [4.69, 9.17) is 4.74 Å². The van der Waals surface area contributed by atoms with Gasteiger partial charge < -0.3 is 15.2 Å². The van der Waals surface area contributed by atoms with Gasteiger partial charge in [-0.3, -0.25) is 9.52 Å². The Kier molecular flexibility index (Phi) is 7.28. The van der Waals surface area contributed by atoms with Crippen molar-refractivity contribution in [3.05, 3.63) is 90.0 Å². The normalized spacial score (nSPS) is 12.2. The molecule has 3 aromatic carbocycles. The van der Waals surface area contributed by atoms with Gasteiger partial charge in [0, 0.05) is 12.2 Å². The van der Waals surface area contributed by atoms with E-state index in [-0.39, 0.29) is 11.4 Å². The Morgan fingerprint density at radius 3 is 2.29 bits per heavy atom. The Bertz CT molecular complexity index is 1120. The van der Waals surface area contributed by atoms with Gasteiger partial charge in [0.15, 0.2) is 0 Å². The van der Waals surface area contributed by atoms with Gasteiger partial charge in [-0.25, -0.2) is 8.42 Å². The van der Waals surface area contributed by atoms with Crippen molar-refractivity contribution in [3.8, 4) is 5.75 Å². The van der Waals surface area contributed by atoms with Gasteiger partial charge in [0.1, 0.15) is 11.8 Å². The molecule has 0 bridgehead atoms. The molecule has 162 valence electrons. The van der Waals surface area contributed by atoms with Crippen LogP contribution in [-0.2, 0) is 27.8 Å². The van der Waals surface area contributed by atoms with Gasteiger partial charge in [-0.05, 0) is 53.9 Å². The van der Waals surface area contributed by atoms with Gasteiger partial charge in [0.2, 0.25) is 0 Å². The summed E-state index contributed by atoms with van der Waals surface area (Å²) < 4.78 is 32.9. The average Bonchev–Trinajstić information content (AvgIpc) is 2.77. The van der Waals surface area contributed by atoms with Crippen molar-refractivity contribution >= 4 is 21.7 Å². The molecule has 0 spiro atoms. The van der Waals surface area contributed by atoms with Gasteiger partial charge in [-0.2, -0.15) is 0 Å². The molecule has 0 aliphatic carbocycles. The molecule has 0 aliphatic rings. The zero-order valence-corrected chi connectivity index (χ0v) is 17.8. The molecular weight excluding hydrogens is 416 g/mol. The van der Waals surface area contributed by atoms with E-state index in [2.05, 4.69) is 10.0 Å². The number of benzene rings is 3. The third-order valence-electron chi connectivity index (χ3n) is 4.68. The lowest BCUT2D eigenvalue weighted by atomic mass is 10.1. The first-order valence-electron chi connectivity index (χ1n) is 9.63. The summed E-state index contributed by atoms with van der Waals surface area (Å²) in [5.74, 6) is -0.379. The van der Waals surface area contributed by atoms with E-state index < -0.39 is 22.0 Å². The summed E-state index contributed by atoms with van der Waals surface area (Å²) in [5, 5.41) is 12.5. The van der Waals surface area contributed by atoms with Crippen LogP contribution in [-0.4, -0.2) is 32.6 Å². The molecule has 0 aliphatic heterocycles. The Hall–Kier alpha value is -3.36. The highest BCUT2D eigenvalue weighted by molar-refractivity contribution is 7.92. The molecule has 3 N–H and O–H groups in total. The van der Waals surface area contributed by atoms with E-state index in [1.165, 1.54) is 19.2 Å². The largest absolute Gasteiger partial charge is 0.497 e. The Labute approximate surface area is 181 Å². The lowest BCUT2D eigenvalue weighted by Crippen LogP contribution is -2.38. The first kappa shape index (κ1) is 22.3. The van der Waals surface area contributed by atoms with Crippen LogP contribution < -0.4 is 14.8 Å². The van der Waals surface area contributed by atoms with E-state index in [1.807, 2.05) is 30.3 Å². The maximum absolute atomic E-state index is 12.6. The third kappa shape index (κ3) is 6.31. The molecule has 7 nitrogen and oxygen atoms in total. The number of hydrogen-bond acceptors (Lipinski definition) is 5. The Morgan fingerprint density at radius 1 is 0.968 bits per heavy atom. The standard InChI is InChI=1S/C23H24N2O5S/c1-30-20-10-12-21(13-11-20)31(28,29)25-19-9-5-8-18(14-19)16-24-22(23(26)27)15-17-6-3-2-4-7-17/h2-14,22,24-25H,15-16H2,1H3,(H,26,27). The van der Waals surface area contributed by atoms with Crippen LogP contribution in [0.25, 0.3) is 0 Å². The van der Waals surface area contributed by atoms with Crippen LogP contribution in [0.2, 0.25) is 0 Å². The second-order valence-corrected chi connectivity index (χ2v) is 8.63. The van der Waals surface area contributed by atoms with Crippen LogP contribution in [0.5, 0.6) is 5.75 Å². The first-order valence-corrected chi connectivity index (χ1v) is 11.1. The zero-order chi connectivity index (χ0) is 22.3. The molecule has 1 unspecified atom stereocenters. The fourth-order valence-electron chi connectivity index (χ4n) is 3.05. The van der Waals surface area contributed by atoms with Crippen molar-refractivity contribution in [1.29, 1.82) is 0 Å². The molecule has 0 radical (unpaired) electrons. The third-order valence-corrected chi connectivity index (χ3v) is 6.08. The van der Waals surface area contributed by atoms with Crippen molar-refractivity contribution < 1.29 is 23.1 Å². The van der Waals surface area contributed by atoms with E-state index >= 15 is 0 Å². The molecule has 3 rings (SSSR count). The van der Waals surface area contributed by atoms with Crippen molar-refractivity contribution in [3.63, 3.8) is 0 Å². The predicted octanol–water partition coefficient (Wildman–Crippen LogP) is 3.28. The topological polar surface area (TPSA) is 105 Å². The second-order valence-electron chi connectivity index (χ2n) is 6.94. The number of ether oxygens (including phenoxy) is 1. The monoisotopic (exact) mass is 440 g/mol. The number of aliphatic carboxylic acids is 1. The molecule has 8 heteroatoms. The number of sulfonamides is 1. The van der Waals surface area contributed by atoms with E-state index in [9.17, 15) is 18.3 Å². The molecule has 3 aromatic rings. The van der Waals surface area contributed by atoms with Crippen LogP contribution >= 0.6 is 0 Å². The summed E-state index contributed by atoms with van der Waals surface area (Å²) in [5.41, 5.74) is 2.07. The van der Waals surface area contributed by atoms with Crippen molar-refractivity contribution in [2.45, 2.75) is 23.9 Å². The van der Waals surface area contributed by atoms with Crippen LogP contribution in [0.3, 0.4) is 0 Å². The summed E-state index contributed by atoms with van der Waals surface area (Å²) >= 11 is 0. The fraction of sp³-hybridized carbons (Fsp3) is 0.174. The lowest BCUT2D eigenvalue weighted by molar-refractivity contribution is -0.139. The summed E-state index contributed by atoms with van der Waals surface area (Å²) in [4.78, 5) is 11.7. The number of anilines is 1. The van der Waals surface area contributed by atoms with Gasteiger partial charge in [-0.1, -0.05) is 42.5 Å². The molecular formula is C23H24N2O5S. The van der Waals surface area contributed by atoms with Crippen LogP contribution in [0.1, 0.15) is 11.1 Å². The van der Waals surface area contributed by atoms with Crippen LogP contribution in [0.4, 0.5) is 5.69 Å². The second kappa shape index (κ2) is 10.1. The highest BCUT2D eigenvalue weighted by Crippen LogP contribution is 2.20. The molecule has 0 saturated carbocycles. The Balaban J connectivity index is 1.67. The molecule has 0 heterocycles. The average molecular weight is 441 g/mol. The number of carboxylic acids is 1. The number of methoxy groups -OCH3 is 1. The Morgan fingerprint density at radius 2 is 1.65 bits per heavy atom. The minimum Gasteiger partial charge on any atom is -0.497 e. The molecule has 0 aromatic heterocycles. The van der Waals surface area contributed by atoms with E-state index in [1.54, 1.807) is 36.4 Å².